The molecule has 0 heterocycles. The summed E-state index contributed by atoms with van der Waals surface area (Å²) in [6, 6.07) is 3.30. The monoisotopic (exact) mass is 336 g/mol. The van der Waals surface area contributed by atoms with Gasteiger partial charge in [-0.25, -0.2) is 4.79 Å². The van der Waals surface area contributed by atoms with Crippen LogP contribution in [-0.2, 0) is 9.53 Å². The summed E-state index contributed by atoms with van der Waals surface area (Å²) in [6.07, 6.45) is -0.124. The van der Waals surface area contributed by atoms with Gasteiger partial charge in [-0.3, -0.25) is 4.79 Å². The first-order valence-corrected chi connectivity index (χ1v) is 8.13. The molecule has 0 aromatic heterocycles. The van der Waals surface area contributed by atoms with Gasteiger partial charge in [0.05, 0.1) is 17.5 Å². The second-order valence-corrected chi connectivity index (χ2v) is 6.77. The summed E-state index contributed by atoms with van der Waals surface area (Å²) in [6.45, 7) is 13.2. The smallest absolute Gasteiger partial charge is 0.342 e. The fourth-order valence-electron chi connectivity index (χ4n) is 2.05. The van der Waals surface area contributed by atoms with Crippen molar-refractivity contribution < 1.29 is 19.1 Å². The summed E-state index contributed by atoms with van der Waals surface area (Å²) < 4.78 is 11.2. The normalized spacial score (nSPS) is 11.2. The molecule has 0 aliphatic rings. The number of nitrogens with one attached hydrogen (secondary N) is 2. The number of carbonyl (C=O) groups is 2. The minimum atomic E-state index is -0.610. The predicted molar refractivity (Wildman–Crippen MR) is 95.8 cm³/mol. The Morgan fingerprint density at radius 2 is 1.79 bits per heavy atom. The van der Waals surface area contributed by atoms with E-state index in [9.17, 15) is 9.59 Å². The van der Waals surface area contributed by atoms with E-state index in [0.29, 0.717) is 29.2 Å². The van der Waals surface area contributed by atoms with Crippen molar-refractivity contribution in [2.45, 2.75) is 60.2 Å². The average Bonchev–Trinajstić information content (AvgIpc) is 2.38. The van der Waals surface area contributed by atoms with Gasteiger partial charge in [0, 0.05) is 19.5 Å². The number of anilines is 2. The van der Waals surface area contributed by atoms with Crippen molar-refractivity contribution in [1.29, 1.82) is 0 Å². The van der Waals surface area contributed by atoms with Crippen LogP contribution in [0.4, 0.5) is 11.4 Å². The number of benzene rings is 1. The van der Waals surface area contributed by atoms with Gasteiger partial charge in [0.2, 0.25) is 5.91 Å². The molecular weight excluding hydrogens is 308 g/mol. The summed E-state index contributed by atoms with van der Waals surface area (Å²) in [5.41, 5.74) is 0.918. The molecule has 0 atom stereocenters. The van der Waals surface area contributed by atoms with Crippen LogP contribution in [-0.4, -0.2) is 30.1 Å². The molecule has 1 amide bonds. The Labute approximate surface area is 143 Å². The Bertz CT molecular complexity index is 604. The minimum absolute atomic E-state index is 0.124. The van der Waals surface area contributed by atoms with Crippen LogP contribution >= 0.6 is 0 Å². The lowest BCUT2D eigenvalue weighted by atomic mass is 10.1. The molecule has 0 saturated carbocycles. The SMILES string of the molecule is CCNc1cc(C(=O)OC(C)(C)C)c(OC(C)C)cc1NC(C)=O. The van der Waals surface area contributed by atoms with Crippen molar-refractivity contribution in [3.63, 3.8) is 0 Å². The molecule has 2 N–H and O–H groups in total. The van der Waals surface area contributed by atoms with E-state index < -0.39 is 11.6 Å². The zero-order valence-corrected chi connectivity index (χ0v) is 15.6. The van der Waals surface area contributed by atoms with Crippen LogP contribution in [0.25, 0.3) is 0 Å². The summed E-state index contributed by atoms with van der Waals surface area (Å²) in [4.78, 5) is 24.0. The summed E-state index contributed by atoms with van der Waals surface area (Å²) in [5.74, 6) is -0.286. The van der Waals surface area contributed by atoms with Gasteiger partial charge in [-0.15, -0.1) is 0 Å². The van der Waals surface area contributed by atoms with E-state index in [-0.39, 0.29) is 12.0 Å². The van der Waals surface area contributed by atoms with Gasteiger partial charge in [-0.1, -0.05) is 0 Å². The van der Waals surface area contributed by atoms with Gasteiger partial charge in [0.15, 0.2) is 0 Å². The van der Waals surface area contributed by atoms with Crippen LogP contribution < -0.4 is 15.4 Å². The molecule has 1 rings (SSSR count). The Hall–Kier alpha value is -2.24. The lowest BCUT2D eigenvalue weighted by molar-refractivity contribution is -0.114. The molecule has 6 heteroatoms. The molecule has 134 valence electrons. The zero-order chi connectivity index (χ0) is 18.5. The third kappa shape index (κ3) is 6.10. The standard InChI is InChI=1S/C18H28N2O4/c1-8-19-14-9-13(17(22)24-18(5,6)7)16(23-11(2)3)10-15(14)20-12(4)21/h9-11,19H,8H2,1-7H3,(H,20,21). The van der Waals surface area contributed by atoms with Gasteiger partial charge >= 0.3 is 5.97 Å². The molecular formula is C18H28N2O4. The molecule has 0 bridgehead atoms. The Balaban J connectivity index is 3.39. The zero-order valence-electron chi connectivity index (χ0n) is 15.6. The first kappa shape index (κ1) is 19.8. The molecule has 1 aromatic carbocycles. The van der Waals surface area contributed by atoms with E-state index in [0.717, 1.165) is 0 Å². The molecule has 24 heavy (non-hydrogen) atoms. The van der Waals surface area contributed by atoms with Gasteiger partial charge in [-0.05, 0) is 47.6 Å². The van der Waals surface area contributed by atoms with Crippen molar-refractivity contribution >= 4 is 23.3 Å². The van der Waals surface area contributed by atoms with Gasteiger partial charge in [0.1, 0.15) is 16.9 Å². The second kappa shape index (κ2) is 8.04. The lowest BCUT2D eigenvalue weighted by Gasteiger charge is -2.23. The highest BCUT2D eigenvalue weighted by molar-refractivity contribution is 5.99. The summed E-state index contributed by atoms with van der Waals surface area (Å²) in [7, 11) is 0. The molecule has 0 unspecified atom stereocenters. The molecule has 0 saturated heterocycles. The van der Waals surface area contributed by atoms with E-state index in [4.69, 9.17) is 9.47 Å². The number of esters is 1. The van der Waals surface area contributed by atoms with Crippen LogP contribution in [0.3, 0.4) is 0 Å². The molecule has 1 aromatic rings. The lowest BCUT2D eigenvalue weighted by Crippen LogP contribution is -2.25. The van der Waals surface area contributed by atoms with E-state index in [1.165, 1.54) is 6.92 Å². The molecule has 0 aliphatic heterocycles. The van der Waals surface area contributed by atoms with E-state index >= 15 is 0 Å². The highest BCUT2D eigenvalue weighted by atomic mass is 16.6. The van der Waals surface area contributed by atoms with Crippen LogP contribution in [0.2, 0.25) is 0 Å². The van der Waals surface area contributed by atoms with Crippen LogP contribution in [0, 0.1) is 0 Å². The van der Waals surface area contributed by atoms with Gasteiger partial charge in [-0.2, -0.15) is 0 Å². The third-order valence-electron chi connectivity index (χ3n) is 2.78. The van der Waals surface area contributed by atoms with Crippen molar-refractivity contribution in [2.75, 3.05) is 17.2 Å². The highest BCUT2D eigenvalue weighted by Crippen LogP contribution is 2.33. The number of rotatable bonds is 6. The number of hydrogen-bond acceptors (Lipinski definition) is 5. The summed E-state index contributed by atoms with van der Waals surface area (Å²) >= 11 is 0. The molecule has 0 fully saturated rings. The maximum atomic E-state index is 12.5. The van der Waals surface area contributed by atoms with Crippen molar-refractivity contribution in [3.8, 4) is 5.75 Å². The first-order chi connectivity index (χ1) is 11.0. The maximum absolute atomic E-state index is 12.5. The van der Waals surface area contributed by atoms with E-state index in [1.807, 2.05) is 41.5 Å². The number of amides is 1. The Morgan fingerprint density at radius 1 is 1.17 bits per heavy atom. The number of hydrogen-bond donors (Lipinski definition) is 2. The fourth-order valence-corrected chi connectivity index (χ4v) is 2.05. The van der Waals surface area contributed by atoms with Crippen molar-refractivity contribution in [1.82, 2.24) is 0 Å². The van der Waals surface area contributed by atoms with Crippen molar-refractivity contribution in [2.24, 2.45) is 0 Å². The molecule has 0 aliphatic carbocycles. The average molecular weight is 336 g/mol. The highest BCUT2D eigenvalue weighted by Gasteiger charge is 2.23. The Morgan fingerprint density at radius 3 is 2.25 bits per heavy atom. The molecule has 6 nitrogen and oxygen atoms in total. The van der Waals surface area contributed by atoms with Crippen LogP contribution in [0.5, 0.6) is 5.75 Å². The van der Waals surface area contributed by atoms with E-state index in [2.05, 4.69) is 10.6 Å². The largest absolute Gasteiger partial charge is 0.490 e. The fraction of sp³-hybridized carbons (Fsp3) is 0.556. The van der Waals surface area contributed by atoms with E-state index in [1.54, 1.807) is 12.1 Å². The Kier molecular flexibility index (Phi) is 6.63. The molecule has 0 radical (unpaired) electrons. The second-order valence-electron chi connectivity index (χ2n) is 6.77. The topological polar surface area (TPSA) is 76.7 Å². The van der Waals surface area contributed by atoms with Gasteiger partial charge in [0.25, 0.3) is 0 Å². The molecule has 0 spiro atoms. The van der Waals surface area contributed by atoms with Crippen LogP contribution in [0.1, 0.15) is 58.8 Å². The van der Waals surface area contributed by atoms with Crippen LogP contribution in [0.15, 0.2) is 12.1 Å². The number of ether oxygens (including phenoxy) is 2. The van der Waals surface area contributed by atoms with Crippen molar-refractivity contribution in [3.05, 3.63) is 17.7 Å². The predicted octanol–water partition coefficient (Wildman–Crippen LogP) is 3.82. The summed E-state index contributed by atoms with van der Waals surface area (Å²) in [5, 5.41) is 5.89. The maximum Gasteiger partial charge on any atom is 0.342 e. The third-order valence-corrected chi connectivity index (χ3v) is 2.78. The number of carbonyl (C=O) groups excluding carboxylic acids is 2. The minimum Gasteiger partial charge on any atom is -0.490 e. The quantitative estimate of drug-likeness (QED) is 0.772. The van der Waals surface area contributed by atoms with Gasteiger partial charge < -0.3 is 20.1 Å². The first-order valence-electron chi connectivity index (χ1n) is 8.13.